The molecule has 3 rings (SSSR count). The monoisotopic (exact) mass is 385 g/mol. The summed E-state index contributed by atoms with van der Waals surface area (Å²) in [6.07, 6.45) is 5.03. The molecule has 2 N–H and O–H groups in total. The lowest BCUT2D eigenvalue weighted by atomic mass is 9.75. The van der Waals surface area contributed by atoms with Crippen LogP contribution in [0.15, 0.2) is 24.3 Å². The van der Waals surface area contributed by atoms with Crippen molar-refractivity contribution in [1.29, 1.82) is 0 Å². The molecule has 4 amide bonds. The summed E-state index contributed by atoms with van der Waals surface area (Å²) < 4.78 is 0. The van der Waals surface area contributed by atoms with Crippen molar-refractivity contribution < 1.29 is 14.4 Å². The molecular formula is C22H31N3O3. The minimum atomic E-state index is -0.801. The normalized spacial score (nSPS) is 25.7. The van der Waals surface area contributed by atoms with Crippen LogP contribution in [0.4, 0.5) is 4.79 Å². The Morgan fingerprint density at radius 2 is 1.86 bits per heavy atom. The van der Waals surface area contributed by atoms with Crippen LogP contribution < -0.4 is 10.6 Å². The second-order valence-corrected chi connectivity index (χ2v) is 8.19. The van der Waals surface area contributed by atoms with Crippen molar-refractivity contribution in [3.63, 3.8) is 0 Å². The number of nitrogens with zero attached hydrogens (tertiary/aromatic N) is 1. The van der Waals surface area contributed by atoms with E-state index in [9.17, 15) is 14.4 Å². The number of hydrogen-bond acceptors (Lipinski definition) is 3. The van der Waals surface area contributed by atoms with E-state index in [1.165, 1.54) is 0 Å². The molecule has 1 heterocycles. The number of carbonyl (C=O) groups excluding carboxylic acids is 3. The van der Waals surface area contributed by atoms with E-state index in [1.807, 2.05) is 38.1 Å². The van der Waals surface area contributed by atoms with Crippen LogP contribution >= 0.6 is 0 Å². The zero-order valence-electron chi connectivity index (χ0n) is 17.1. The smallest absolute Gasteiger partial charge is 0.325 e. The predicted molar refractivity (Wildman–Crippen MR) is 108 cm³/mol. The first kappa shape index (κ1) is 20.4. The summed E-state index contributed by atoms with van der Waals surface area (Å²) in [5, 5.41) is 5.85. The van der Waals surface area contributed by atoms with Gasteiger partial charge in [0.05, 0.1) is 6.04 Å². The number of aryl methyl sites for hydroxylation is 1. The van der Waals surface area contributed by atoms with Crippen LogP contribution in [0.25, 0.3) is 0 Å². The fourth-order valence-electron chi connectivity index (χ4n) is 4.34. The molecule has 152 valence electrons. The molecule has 1 aromatic rings. The van der Waals surface area contributed by atoms with Gasteiger partial charge in [-0.1, -0.05) is 50.1 Å². The number of imide groups is 1. The molecule has 2 aliphatic rings. The molecule has 28 heavy (non-hydrogen) atoms. The van der Waals surface area contributed by atoms with E-state index in [4.69, 9.17) is 0 Å². The number of carbonyl (C=O) groups is 3. The number of hydrogen-bond donors (Lipinski definition) is 2. The van der Waals surface area contributed by atoms with E-state index in [0.29, 0.717) is 18.8 Å². The Balaban J connectivity index is 1.62. The van der Waals surface area contributed by atoms with Gasteiger partial charge in [-0.15, -0.1) is 0 Å². The maximum Gasteiger partial charge on any atom is 0.325 e. The summed E-state index contributed by atoms with van der Waals surface area (Å²) in [6, 6.07) is 7.44. The van der Waals surface area contributed by atoms with Crippen molar-refractivity contribution in [2.45, 2.75) is 70.9 Å². The zero-order chi connectivity index (χ0) is 20.3. The van der Waals surface area contributed by atoms with E-state index in [0.717, 1.165) is 41.7 Å². The second kappa shape index (κ2) is 8.33. The molecule has 0 radical (unpaired) electrons. The molecule has 1 aliphatic heterocycles. The van der Waals surface area contributed by atoms with Gasteiger partial charge < -0.3 is 10.6 Å². The third kappa shape index (κ3) is 4.05. The highest BCUT2D eigenvalue weighted by Gasteiger charge is 2.52. The highest BCUT2D eigenvalue weighted by atomic mass is 16.2. The molecule has 1 spiro atoms. The Morgan fingerprint density at radius 1 is 1.21 bits per heavy atom. The Morgan fingerprint density at radius 3 is 2.43 bits per heavy atom. The van der Waals surface area contributed by atoms with Crippen molar-refractivity contribution in [3.05, 3.63) is 35.4 Å². The Hall–Kier alpha value is -2.37. The van der Waals surface area contributed by atoms with Gasteiger partial charge in [0.2, 0.25) is 5.91 Å². The van der Waals surface area contributed by atoms with Gasteiger partial charge in [0.25, 0.3) is 5.91 Å². The molecule has 1 aliphatic carbocycles. The van der Waals surface area contributed by atoms with Crippen LogP contribution in [0.1, 0.15) is 69.5 Å². The van der Waals surface area contributed by atoms with Crippen LogP contribution in [0, 0.1) is 12.8 Å². The largest absolute Gasteiger partial charge is 0.348 e. The summed E-state index contributed by atoms with van der Waals surface area (Å²) in [5.74, 6) is 0.0632. The first-order valence-electron chi connectivity index (χ1n) is 10.4. The maximum atomic E-state index is 12.9. The maximum absolute atomic E-state index is 12.9. The lowest BCUT2D eigenvalue weighted by Crippen LogP contribution is -2.50. The molecule has 6 heteroatoms. The van der Waals surface area contributed by atoms with Gasteiger partial charge in [0.1, 0.15) is 12.1 Å². The highest BCUT2D eigenvalue weighted by molar-refractivity contribution is 6.09. The SMILES string of the molecule is CCC1CCC2(CC1)NC(=O)N(CC(=O)NC(CC)c1ccc(C)cc1)C2=O. The van der Waals surface area contributed by atoms with Gasteiger partial charge in [-0.25, -0.2) is 4.79 Å². The fraction of sp³-hybridized carbons (Fsp3) is 0.591. The third-order valence-electron chi connectivity index (χ3n) is 6.31. The van der Waals surface area contributed by atoms with Gasteiger partial charge in [0.15, 0.2) is 0 Å². The number of nitrogens with one attached hydrogen (secondary N) is 2. The first-order valence-corrected chi connectivity index (χ1v) is 10.4. The highest BCUT2D eigenvalue weighted by Crippen LogP contribution is 2.37. The summed E-state index contributed by atoms with van der Waals surface area (Å²) >= 11 is 0. The van der Waals surface area contributed by atoms with E-state index >= 15 is 0 Å². The van der Waals surface area contributed by atoms with Crippen LogP contribution in [-0.4, -0.2) is 34.8 Å². The minimum Gasteiger partial charge on any atom is -0.348 e. The fourth-order valence-corrected chi connectivity index (χ4v) is 4.34. The first-order chi connectivity index (χ1) is 13.4. The average molecular weight is 386 g/mol. The molecule has 6 nitrogen and oxygen atoms in total. The Kier molecular flexibility index (Phi) is 6.06. The lowest BCUT2D eigenvalue weighted by Gasteiger charge is -2.34. The third-order valence-corrected chi connectivity index (χ3v) is 6.31. The molecule has 1 saturated heterocycles. The summed E-state index contributed by atoms with van der Waals surface area (Å²) in [7, 11) is 0. The van der Waals surface area contributed by atoms with Crippen molar-refractivity contribution in [2.75, 3.05) is 6.54 Å². The standard InChI is InChI=1S/C22H31N3O3/c1-4-16-10-12-22(13-11-16)20(27)25(21(28)24-22)14-19(26)23-18(5-2)17-8-6-15(3)7-9-17/h6-9,16,18H,4-5,10-14H2,1-3H3,(H,23,26)(H,24,28). The molecule has 1 unspecified atom stereocenters. The van der Waals surface area contributed by atoms with Crippen LogP contribution in [0.5, 0.6) is 0 Å². The Labute approximate surface area is 167 Å². The summed E-state index contributed by atoms with van der Waals surface area (Å²) in [5.41, 5.74) is 1.38. The van der Waals surface area contributed by atoms with E-state index in [1.54, 1.807) is 0 Å². The van der Waals surface area contributed by atoms with Gasteiger partial charge in [-0.2, -0.15) is 0 Å². The van der Waals surface area contributed by atoms with Crippen molar-refractivity contribution in [1.82, 2.24) is 15.5 Å². The van der Waals surface area contributed by atoms with Crippen molar-refractivity contribution in [3.8, 4) is 0 Å². The minimum absolute atomic E-state index is 0.136. The van der Waals surface area contributed by atoms with Gasteiger partial charge >= 0.3 is 6.03 Å². The molecule has 1 aromatic carbocycles. The molecule has 0 bridgehead atoms. The summed E-state index contributed by atoms with van der Waals surface area (Å²) in [4.78, 5) is 39.0. The molecule has 0 aromatic heterocycles. The molecule has 1 atom stereocenters. The number of amides is 4. The quantitative estimate of drug-likeness (QED) is 0.736. The van der Waals surface area contributed by atoms with Gasteiger partial charge in [0, 0.05) is 0 Å². The van der Waals surface area contributed by atoms with Crippen molar-refractivity contribution in [2.24, 2.45) is 5.92 Å². The van der Waals surface area contributed by atoms with Crippen molar-refractivity contribution >= 4 is 17.8 Å². The zero-order valence-corrected chi connectivity index (χ0v) is 17.1. The molecule has 1 saturated carbocycles. The Bertz CT molecular complexity index is 736. The van der Waals surface area contributed by atoms with Gasteiger partial charge in [-0.05, 0) is 50.5 Å². The van der Waals surface area contributed by atoms with Crippen LogP contribution in [0.3, 0.4) is 0 Å². The van der Waals surface area contributed by atoms with E-state index in [2.05, 4.69) is 17.6 Å². The lowest BCUT2D eigenvalue weighted by molar-refractivity contribution is -0.136. The average Bonchev–Trinajstić information content (AvgIpc) is 2.91. The van der Waals surface area contributed by atoms with Gasteiger partial charge in [-0.3, -0.25) is 14.5 Å². The topological polar surface area (TPSA) is 78.5 Å². The van der Waals surface area contributed by atoms with E-state index in [-0.39, 0.29) is 24.4 Å². The summed E-state index contributed by atoms with van der Waals surface area (Å²) in [6.45, 7) is 5.95. The second-order valence-electron chi connectivity index (χ2n) is 8.19. The van der Waals surface area contributed by atoms with Crippen LogP contribution in [0.2, 0.25) is 0 Å². The number of benzene rings is 1. The predicted octanol–water partition coefficient (Wildman–Crippen LogP) is 3.45. The number of rotatable bonds is 6. The molecular weight excluding hydrogens is 354 g/mol. The molecule has 2 fully saturated rings. The van der Waals surface area contributed by atoms with E-state index < -0.39 is 11.6 Å². The van der Waals surface area contributed by atoms with Crippen LogP contribution in [-0.2, 0) is 9.59 Å². The number of urea groups is 1.